The van der Waals surface area contributed by atoms with Crippen LogP contribution in [0.3, 0.4) is 0 Å². The summed E-state index contributed by atoms with van der Waals surface area (Å²) < 4.78 is 0. The highest BCUT2D eigenvalue weighted by Crippen LogP contribution is 2.40. The number of nitrogens with one attached hydrogen (secondary N) is 1. The second-order valence-corrected chi connectivity index (χ2v) is 5.83. The van der Waals surface area contributed by atoms with Crippen LogP contribution in [0.15, 0.2) is 30.5 Å². The standard InChI is InChI=1S/C16H17N3O/c1-19-8-10(16(17)20)5-12-11-3-2-4-13-15(11)9(7-18-13)6-14(12)19/h2-5,7,10,14,18H,6,8H2,1H3,(H2,17,20)/t10?,14-/m1/s1. The van der Waals surface area contributed by atoms with Crippen molar-refractivity contribution in [3.05, 3.63) is 41.6 Å². The van der Waals surface area contributed by atoms with Crippen molar-refractivity contribution in [1.82, 2.24) is 9.88 Å². The van der Waals surface area contributed by atoms with Gasteiger partial charge in [-0.25, -0.2) is 0 Å². The Morgan fingerprint density at radius 1 is 1.45 bits per heavy atom. The van der Waals surface area contributed by atoms with E-state index in [0.29, 0.717) is 12.6 Å². The zero-order valence-electron chi connectivity index (χ0n) is 11.4. The van der Waals surface area contributed by atoms with Gasteiger partial charge in [0.25, 0.3) is 0 Å². The summed E-state index contributed by atoms with van der Waals surface area (Å²) >= 11 is 0. The first kappa shape index (κ1) is 11.7. The summed E-state index contributed by atoms with van der Waals surface area (Å²) in [5.74, 6) is -0.433. The molecule has 2 atom stereocenters. The second-order valence-electron chi connectivity index (χ2n) is 5.83. The van der Waals surface area contributed by atoms with E-state index in [1.807, 2.05) is 0 Å². The van der Waals surface area contributed by atoms with Gasteiger partial charge >= 0.3 is 0 Å². The Morgan fingerprint density at radius 2 is 2.30 bits per heavy atom. The van der Waals surface area contributed by atoms with E-state index < -0.39 is 0 Å². The number of nitrogens with zero attached hydrogens (tertiary/aromatic N) is 1. The van der Waals surface area contributed by atoms with Crippen molar-refractivity contribution in [2.24, 2.45) is 11.7 Å². The molecule has 0 saturated heterocycles. The number of fused-ring (bicyclic) bond motifs is 2. The minimum Gasteiger partial charge on any atom is -0.369 e. The third kappa shape index (κ3) is 1.48. The van der Waals surface area contributed by atoms with Crippen molar-refractivity contribution in [2.75, 3.05) is 13.6 Å². The number of aromatic nitrogens is 1. The van der Waals surface area contributed by atoms with E-state index in [-0.39, 0.29) is 11.8 Å². The molecule has 1 aromatic carbocycles. The Labute approximate surface area is 117 Å². The quantitative estimate of drug-likeness (QED) is 0.823. The molecule has 20 heavy (non-hydrogen) atoms. The van der Waals surface area contributed by atoms with Crippen LogP contribution < -0.4 is 5.73 Å². The number of H-pyrrole nitrogens is 1. The van der Waals surface area contributed by atoms with Gasteiger partial charge in [-0.05, 0) is 36.2 Å². The van der Waals surface area contributed by atoms with Crippen LogP contribution in [0.2, 0.25) is 0 Å². The topological polar surface area (TPSA) is 62.1 Å². The SMILES string of the molecule is CN1CC(C(N)=O)C=C2c3cccc4[nH]cc(c34)C[C@H]21. The van der Waals surface area contributed by atoms with E-state index in [1.165, 1.54) is 27.6 Å². The van der Waals surface area contributed by atoms with Crippen molar-refractivity contribution < 1.29 is 4.79 Å². The molecule has 2 aromatic rings. The molecule has 4 heteroatoms. The molecule has 1 aliphatic heterocycles. The van der Waals surface area contributed by atoms with Gasteiger partial charge in [-0.2, -0.15) is 0 Å². The average Bonchev–Trinajstić information content (AvgIpc) is 2.84. The number of carbonyl (C=O) groups is 1. The van der Waals surface area contributed by atoms with Crippen LogP contribution in [-0.4, -0.2) is 35.4 Å². The van der Waals surface area contributed by atoms with Gasteiger partial charge in [0.1, 0.15) is 0 Å². The van der Waals surface area contributed by atoms with Crippen molar-refractivity contribution in [1.29, 1.82) is 0 Å². The first-order valence-corrected chi connectivity index (χ1v) is 6.96. The van der Waals surface area contributed by atoms with E-state index in [1.54, 1.807) is 0 Å². The van der Waals surface area contributed by atoms with Gasteiger partial charge < -0.3 is 10.7 Å². The fourth-order valence-electron chi connectivity index (χ4n) is 3.63. The number of primary amides is 1. The molecule has 4 nitrogen and oxygen atoms in total. The maximum atomic E-state index is 11.6. The molecule has 3 N–H and O–H groups in total. The van der Waals surface area contributed by atoms with Crippen molar-refractivity contribution in [3.63, 3.8) is 0 Å². The summed E-state index contributed by atoms with van der Waals surface area (Å²) in [6, 6.07) is 6.66. The molecule has 2 aliphatic rings. The van der Waals surface area contributed by atoms with Gasteiger partial charge in [0.15, 0.2) is 0 Å². The summed E-state index contributed by atoms with van der Waals surface area (Å²) in [7, 11) is 2.07. The smallest absolute Gasteiger partial charge is 0.225 e. The van der Waals surface area contributed by atoms with E-state index in [9.17, 15) is 4.79 Å². The summed E-state index contributed by atoms with van der Waals surface area (Å²) in [4.78, 5) is 17.1. The molecule has 0 bridgehead atoms. The Bertz CT molecular complexity index is 743. The van der Waals surface area contributed by atoms with E-state index in [2.05, 4.69) is 47.4 Å². The zero-order valence-corrected chi connectivity index (χ0v) is 11.4. The van der Waals surface area contributed by atoms with E-state index in [0.717, 1.165) is 6.42 Å². The summed E-state index contributed by atoms with van der Waals surface area (Å²) in [6.07, 6.45) is 5.18. The highest BCUT2D eigenvalue weighted by atomic mass is 16.1. The molecular formula is C16H17N3O. The number of hydrogen-bond donors (Lipinski definition) is 2. The fourth-order valence-corrected chi connectivity index (χ4v) is 3.63. The zero-order chi connectivity index (χ0) is 13.9. The summed E-state index contributed by atoms with van der Waals surface area (Å²) in [5.41, 5.74) is 10.5. The lowest BCUT2D eigenvalue weighted by Gasteiger charge is -2.39. The number of amides is 1. The Morgan fingerprint density at radius 3 is 3.10 bits per heavy atom. The molecule has 1 aromatic heterocycles. The average molecular weight is 267 g/mol. The Kier molecular flexibility index (Phi) is 2.32. The Hall–Kier alpha value is -2.07. The number of benzene rings is 1. The normalized spacial score (nSPS) is 25.4. The van der Waals surface area contributed by atoms with Crippen LogP contribution in [0.5, 0.6) is 0 Å². The molecule has 1 aliphatic carbocycles. The lowest BCUT2D eigenvalue weighted by atomic mass is 9.80. The predicted molar refractivity (Wildman–Crippen MR) is 79.1 cm³/mol. The summed E-state index contributed by atoms with van der Waals surface area (Å²) in [5, 5.41) is 1.30. The molecule has 1 amide bonds. The molecule has 4 rings (SSSR count). The lowest BCUT2D eigenvalue weighted by molar-refractivity contribution is -0.121. The lowest BCUT2D eigenvalue weighted by Crippen LogP contribution is -2.45. The van der Waals surface area contributed by atoms with Gasteiger partial charge in [0.2, 0.25) is 5.91 Å². The molecule has 102 valence electrons. The first-order valence-electron chi connectivity index (χ1n) is 6.96. The minimum atomic E-state index is -0.241. The van der Waals surface area contributed by atoms with Gasteiger partial charge in [0.05, 0.1) is 5.92 Å². The van der Waals surface area contributed by atoms with Crippen LogP contribution in [-0.2, 0) is 11.2 Å². The Balaban J connectivity index is 1.96. The highest BCUT2D eigenvalue weighted by Gasteiger charge is 2.34. The van der Waals surface area contributed by atoms with Crippen LogP contribution in [0, 0.1) is 5.92 Å². The van der Waals surface area contributed by atoms with Crippen molar-refractivity contribution >= 4 is 22.4 Å². The number of carbonyl (C=O) groups excluding carboxylic acids is 1. The van der Waals surface area contributed by atoms with Gasteiger partial charge in [-0.1, -0.05) is 18.2 Å². The predicted octanol–water partition coefficient (Wildman–Crippen LogP) is 1.52. The number of rotatable bonds is 1. The van der Waals surface area contributed by atoms with Gasteiger partial charge in [-0.3, -0.25) is 9.69 Å². The molecule has 0 radical (unpaired) electrons. The maximum Gasteiger partial charge on any atom is 0.225 e. The van der Waals surface area contributed by atoms with E-state index >= 15 is 0 Å². The molecule has 0 spiro atoms. The number of aromatic amines is 1. The van der Waals surface area contributed by atoms with Crippen LogP contribution >= 0.6 is 0 Å². The highest BCUT2D eigenvalue weighted by molar-refractivity contribution is 5.99. The molecule has 0 saturated carbocycles. The monoisotopic (exact) mass is 267 g/mol. The largest absolute Gasteiger partial charge is 0.369 e. The van der Waals surface area contributed by atoms with Crippen LogP contribution in [0.4, 0.5) is 0 Å². The van der Waals surface area contributed by atoms with Crippen LogP contribution in [0.25, 0.3) is 16.5 Å². The molecular weight excluding hydrogens is 250 g/mol. The third-order valence-corrected chi connectivity index (χ3v) is 4.63. The van der Waals surface area contributed by atoms with Crippen molar-refractivity contribution in [2.45, 2.75) is 12.5 Å². The number of nitrogens with two attached hydrogens (primary N) is 1. The van der Waals surface area contributed by atoms with E-state index in [4.69, 9.17) is 5.73 Å². The number of hydrogen-bond acceptors (Lipinski definition) is 2. The maximum absolute atomic E-state index is 11.6. The van der Waals surface area contributed by atoms with Crippen molar-refractivity contribution in [3.8, 4) is 0 Å². The summed E-state index contributed by atoms with van der Waals surface area (Å²) in [6.45, 7) is 0.708. The molecule has 0 fully saturated rings. The van der Waals surface area contributed by atoms with Gasteiger partial charge in [0, 0.05) is 29.7 Å². The molecule has 1 unspecified atom stereocenters. The molecule has 2 heterocycles. The van der Waals surface area contributed by atoms with Gasteiger partial charge in [-0.15, -0.1) is 0 Å². The second kappa shape index (κ2) is 3.96. The third-order valence-electron chi connectivity index (χ3n) is 4.63. The first-order chi connectivity index (χ1) is 9.65. The number of likely N-dealkylation sites (N-methyl/N-ethyl adjacent to an activating group) is 1. The van der Waals surface area contributed by atoms with Crippen LogP contribution in [0.1, 0.15) is 11.1 Å². The fraction of sp³-hybridized carbons (Fsp3) is 0.312. The minimum absolute atomic E-state index is 0.193.